The van der Waals surface area contributed by atoms with Crippen molar-refractivity contribution in [3.63, 3.8) is 0 Å². The van der Waals surface area contributed by atoms with Crippen molar-refractivity contribution in [3.05, 3.63) is 70.0 Å². The van der Waals surface area contributed by atoms with Crippen LogP contribution in [0.1, 0.15) is 17.1 Å². The molecule has 2 N–H and O–H groups in total. The van der Waals surface area contributed by atoms with Crippen LogP contribution in [0.2, 0.25) is 0 Å². The fraction of sp³-hybridized carbons (Fsp3) is 0.235. The van der Waals surface area contributed by atoms with Crippen molar-refractivity contribution < 1.29 is 0 Å². The maximum atomic E-state index is 11.1. The van der Waals surface area contributed by atoms with E-state index in [9.17, 15) is 4.79 Å². The third kappa shape index (κ3) is 3.92. The van der Waals surface area contributed by atoms with Gasteiger partial charge in [-0.25, -0.2) is 10.1 Å². The van der Waals surface area contributed by atoms with Crippen molar-refractivity contribution in [2.24, 2.45) is 0 Å². The van der Waals surface area contributed by atoms with Gasteiger partial charge in [-0.1, -0.05) is 18.2 Å². The monoisotopic (exact) mass is 309 g/mol. The van der Waals surface area contributed by atoms with Crippen LogP contribution >= 0.6 is 0 Å². The van der Waals surface area contributed by atoms with Gasteiger partial charge in [0.05, 0.1) is 12.2 Å². The largest absolute Gasteiger partial charge is 0.345 e. The number of rotatable bonds is 5. The van der Waals surface area contributed by atoms with Crippen molar-refractivity contribution in [1.29, 1.82) is 0 Å². The van der Waals surface area contributed by atoms with E-state index in [2.05, 4.69) is 44.2 Å². The van der Waals surface area contributed by atoms with Gasteiger partial charge in [0.25, 0.3) is 5.56 Å². The topological polar surface area (TPSA) is 77.7 Å². The normalized spacial score (nSPS) is 11.1. The van der Waals surface area contributed by atoms with E-state index in [0.717, 1.165) is 35.9 Å². The number of nitrogens with one attached hydrogen (secondary N) is 2. The van der Waals surface area contributed by atoms with Gasteiger partial charge in [0.15, 0.2) is 0 Å². The zero-order chi connectivity index (χ0) is 16.2. The van der Waals surface area contributed by atoms with Crippen molar-refractivity contribution in [3.8, 4) is 11.3 Å². The van der Waals surface area contributed by atoms with Crippen molar-refractivity contribution >= 4 is 0 Å². The summed E-state index contributed by atoms with van der Waals surface area (Å²) in [5, 5.41) is 6.54. The Balaban J connectivity index is 1.72. The Morgan fingerprint density at radius 2 is 2.04 bits per heavy atom. The van der Waals surface area contributed by atoms with Crippen LogP contribution in [0.25, 0.3) is 11.3 Å². The van der Waals surface area contributed by atoms with Gasteiger partial charge in [-0.15, -0.1) is 0 Å². The zero-order valence-corrected chi connectivity index (χ0v) is 13.2. The van der Waals surface area contributed by atoms with Gasteiger partial charge in [0, 0.05) is 30.1 Å². The van der Waals surface area contributed by atoms with Crippen LogP contribution in [0.3, 0.4) is 0 Å². The average molecular weight is 309 g/mol. The summed E-state index contributed by atoms with van der Waals surface area (Å²) in [5.41, 5.74) is 3.80. The van der Waals surface area contributed by atoms with Gasteiger partial charge in [0.1, 0.15) is 5.82 Å². The smallest absolute Gasteiger partial charge is 0.264 e. The molecule has 0 spiro atoms. The second kappa shape index (κ2) is 6.58. The summed E-state index contributed by atoms with van der Waals surface area (Å²) in [6.07, 6.45) is 1.84. The van der Waals surface area contributed by atoms with Crippen molar-refractivity contribution in [2.75, 3.05) is 7.05 Å². The highest BCUT2D eigenvalue weighted by atomic mass is 16.1. The molecular weight excluding hydrogens is 290 g/mol. The predicted octanol–water partition coefficient (Wildman–Crippen LogP) is 2.10. The minimum Gasteiger partial charge on any atom is -0.345 e. The third-order valence-corrected chi connectivity index (χ3v) is 3.53. The van der Waals surface area contributed by atoms with Gasteiger partial charge >= 0.3 is 0 Å². The molecule has 0 fully saturated rings. The molecule has 0 unspecified atom stereocenters. The summed E-state index contributed by atoms with van der Waals surface area (Å²) in [6.45, 7) is 3.56. The molecule has 3 rings (SSSR count). The molecule has 0 radical (unpaired) electrons. The number of aryl methyl sites for hydroxylation is 1. The molecule has 0 atom stereocenters. The van der Waals surface area contributed by atoms with Crippen LogP contribution in [-0.2, 0) is 13.1 Å². The highest BCUT2D eigenvalue weighted by Gasteiger charge is 2.06. The number of imidazole rings is 1. The lowest BCUT2D eigenvalue weighted by atomic mass is 10.1. The summed E-state index contributed by atoms with van der Waals surface area (Å²) in [4.78, 5) is 20.9. The van der Waals surface area contributed by atoms with Crippen LogP contribution in [0.5, 0.6) is 0 Å². The molecular formula is C17H19N5O. The van der Waals surface area contributed by atoms with Gasteiger partial charge in [-0.05, 0) is 31.7 Å². The van der Waals surface area contributed by atoms with Crippen LogP contribution in [0.15, 0.2) is 47.4 Å². The van der Waals surface area contributed by atoms with Crippen LogP contribution in [0.4, 0.5) is 0 Å². The molecule has 6 nitrogen and oxygen atoms in total. The van der Waals surface area contributed by atoms with Crippen LogP contribution in [-0.4, -0.2) is 32.1 Å². The molecule has 23 heavy (non-hydrogen) atoms. The number of nitrogens with zero attached hydrogens (tertiary/aromatic N) is 3. The average Bonchev–Trinajstić information content (AvgIpc) is 2.93. The molecule has 0 aliphatic heterocycles. The second-order valence-electron chi connectivity index (χ2n) is 5.69. The summed E-state index contributed by atoms with van der Waals surface area (Å²) in [6, 6.07) is 11.4. The standard InChI is InChI=1S/C17H19N5O/c1-12-9-18-16(19-12)11-22(2)10-13-4-3-5-14(8-13)15-6-7-17(23)21-20-15/h3-9H,10-11H2,1-2H3,(H,18,19)(H,21,23). The lowest BCUT2D eigenvalue weighted by molar-refractivity contribution is 0.311. The lowest BCUT2D eigenvalue weighted by Gasteiger charge is -2.15. The van der Waals surface area contributed by atoms with E-state index in [0.29, 0.717) is 0 Å². The first-order chi connectivity index (χ1) is 11.1. The van der Waals surface area contributed by atoms with Gasteiger partial charge in [-0.3, -0.25) is 9.69 Å². The number of hydrogen-bond acceptors (Lipinski definition) is 4. The van der Waals surface area contributed by atoms with Crippen molar-refractivity contribution in [2.45, 2.75) is 20.0 Å². The maximum absolute atomic E-state index is 11.1. The summed E-state index contributed by atoms with van der Waals surface area (Å²) in [7, 11) is 2.06. The van der Waals surface area contributed by atoms with Gasteiger partial charge in [-0.2, -0.15) is 5.10 Å². The number of benzene rings is 1. The lowest BCUT2D eigenvalue weighted by Crippen LogP contribution is -2.18. The number of aromatic nitrogens is 4. The predicted molar refractivity (Wildman–Crippen MR) is 88.8 cm³/mol. The van der Waals surface area contributed by atoms with E-state index in [1.54, 1.807) is 6.07 Å². The molecule has 2 aromatic heterocycles. The molecule has 0 bridgehead atoms. The second-order valence-corrected chi connectivity index (χ2v) is 5.69. The van der Waals surface area contributed by atoms with Gasteiger partial charge in [0.2, 0.25) is 0 Å². The number of hydrogen-bond donors (Lipinski definition) is 2. The molecule has 118 valence electrons. The highest BCUT2D eigenvalue weighted by molar-refractivity contribution is 5.59. The minimum absolute atomic E-state index is 0.196. The molecule has 0 aliphatic carbocycles. The molecule has 1 aromatic carbocycles. The fourth-order valence-corrected chi connectivity index (χ4v) is 2.50. The maximum Gasteiger partial charge on any atom is 0.264 e. The zero-order valence-electron chi connectivity index (χ0n) is 13.2. The third-order valence-electron chi connectivity index (χ3n) is 3.53. The molecule has 3 aromatic rings. The van der Waals surface area contributed by atoms with E-state index in [1.807, 2.05) is 25.3 Å². The highest BCUT2D eigenvalue weighted by Crippen LogP contribution is 2.17. The molecule has 0 saturated heterocycles. The molecule has 6 heteroatoms. The first-order valence-corrected chi connectivity index (χ1v) is 7.44. The Morgan fingerprint density at radius 3 is 2.74 bits per heavy atom. The first kappa shape index (κ1) is 15.2. The Hall–Kier alpha value is -2.73. The Kier molecular flexibility index (Phi) is 4.34. The van der Waals surface area contributed by atoms with Crippen LogP contribution < -0.4 is 5.56 Å². The van der Waals surface area contributed by atoms with E-state index in [1.165, 1.54) is 11.6 Å². The molecule has 0 aliphatic rings. The van der Waals surface area contributed by atoms with E-state index in [-0.39, 0.29) is 5.56 Å². The molecule has 0 saturated carbocycles. The number of aromatic amines is 2. The fourth-order valence-electron chi connectivity index (χ4n) is 2.50. The number of H-pyrrole nitrogens is 2. The minimum atomic E-state index is -0.196. The molecule has 0 amide bonds. The van der Waals surface area contributed by atoms with E-state index < -0.39 is 0 Å². The Morgan fingerprint density at radius 1 is 1.17 bits per heavy atom. The summed E-state index contributed by atoms with van der Waals surface area (Å²) in [5.74, 6) is 0.962. The van der Waals surface area contributed by atoms with Crippen LogP contribution in [0, 0.1) is 6.92 Å². The first-order valence-electron chi connectivity index (χ1n) is 7.44. The van der Waals surface area contributed by atoms with Gasteiger partial charge < -0.3 is 4.98 Å². The van der Waals surface area contributed by atoms with E-state index in [4.69, 9.17) is 0 Å². The molecule has 2 heterocycles. The quantitative estimate of drug-likeness (QED) is 0.756. The SMILES string of the molecule is Cc1cnc(CN(C)Cc2cccc(-c3ccc(=O)[nH]n3)c2)[nH]1. The van der Waals surface area contributed by atoms with Crippen molar-refractivity contribution in [1.82, 2.24) is 25.1 Å². The Labute approximate surface area is 134 Å². The summed E-state index contributed by atoms with van der Waals surface area (Å²) < 4.78 is 0. The Bertz CT molecular complexity index is 831. The summed E-state index contributed by atoms with van der Waals surface area (Å²) >= 11 is 0. The van der Waals surface area contributed by atoms with E-state index >= 15 is 0 Å².